The maximum absolute atomic E-state index is 14.1. The van der Waals surface area contributed by atoms with Crippen LogP contribution in [-0.2, 0) is 0 Å². The van der Waals surface area contributed by atoms with Crippen LogP contribution in [0, 0.1) is 11.7 Å². The molecule has 1 unspecified atom stereocenters. The molecule has 0 saturated heterocycles. The fourth-order valence-electron chi connectivity index (χ4n) is 2.85. The van der Waals surface area contributed by atoms with Crippen LogP contribution in [0.1, 0.15) is 51.5 Å². The van der Waals surface area contributed by atoms with Crippen LogP contribution >= 0.6 is 11.6 Å². The Labute approximate surface area is 125 Å². The van der Waals surface area contributed by atoms with Crippen LogP contribution in [0.15, 0.2) is 18.2 Å². The molecule has 1 aromatic carbocycles. The van der Waals surface area contributed by atoms with Gasteiger partial charge in [0.1, 0.15) is 0 Å². The van der Waals surface area contributed by atoms with E-state index in [1.807, 2.05) is 13.0 Å². The zero-order valence-electron chi connectivity index (χ0n) is 12.2. The van der Waals surface area contributed by atoms with Crippen LogP contribution in [0.4, 0.5) is 4.39 Å². The summed E-state index contributed by atoms with van der Waals surface area (Å²) < 4.78 is 19.3. The number of benzene rings is 1. The smallest absolute Gasteiger partial charge is 0.184 e. The van der Waals surface area contributed by atoms with E-state index in [-0.39, 0.29) is 10.8 Å². The highest BCUT2D eigenvalue weighted by atomic mass is 35.5. The van der Waals surface area contributed by atoms with E-state index in [0.29, 0.717) is 6.61 Å². The second-order valence-corrected chi connectivity index (χ2v) is 5.71. The summed E-state index contributed by atoms with van der Waals surface area (Å²) in [4.78, 5) is 0. The average Bonchev–Trinajstić information content (AvgIpc) is 2.46. The number of hydrogen-bond acceptors (Lipinski definition) is 1. The minimum absolute atomic E-state index is 0.191. The highest BCUT2D eigenvalue weighted by Crippen LogP contribution is 2.38. The van der Waals surface area contributed by atoms with Crippen molar-refractivity contribution in [3.63, 3.8) is 0 Å². The van der Waals surface area contributed by atoms with Crippen LogP contribution in [-0.4, -0.2) is 6.61 Å². The number of ether oxygens (including phenoxy) is 1. The van der Waals surface area contributed by atoms with Gasteiger partial charge in [0.2, 0.25) is 0 Å². The molecule has 0 spiro atoms. The Morgan fingerprint density at radius 2 is 2.15 bits per heavy atom. The molecule has 0 saturated carbocycles. The number of hydrogen-bond donors (Lipinski definition) is 0. The van der Waals surface area contributed by atoms with Crippen molar-refractivity contribution in [2.75, 3.05) is 6.61 Å². The summed E-state index contributed by atoms with van der Waals surface area (Å²) in [7, 11) is 0. The fraction of sp³-hybridized carbons (Fsp3) is 0.529. The Kier molecular flexibility index (Phi) is 5.47. The van der Waals surface area contributed by atoms with Gasteiger partial charge in [-0.1, -0.05) is 37.4 Å². The minimum atomic E-state index is -0.442. The molecule has 0 aliphatic heterocycles. The van der Waals surface area contributed by atoms with E-state index in [1.165, 1.54) is 24.8 Å². The molecule has 1 aromatic rings. The van der Waals surface area contributed by atoms with Crippen LogP contribution in [0.5, 0.6) is 5.75 Å². The largest absolute Gasteiger partial charge is 0.491 e. The first-order chi connectivity index (χ1) is 9.67. The lowest BCUT2D eigenvalue weighted by Gasteiger charge is -2.22. The third-order valence-electron chi connectivity index (χ3n) is 3.91. The van der Waals surface area contributed by atoms with Gasteiger partial charge < -0.3 is 4.74 Å². The molecular formula is C17H22ClFO. The Hall–Kier alpha value is -1.02. The maximum atomic E-state index is 14.1. The zero-order valence-corrected chi connectivity index (χ0v) is 13.0. The highest BCUT2D eigenvalue weighted by molar-refractivity contribution is 6.32. The zero-order chi connectivity index (χ0) is 14.5. The van der Waals surface area contributed by atoms with Gasteiger partial charge in [-0.05, 0) is 55.4 Å². The average molecular weight is 297 g/mol. The first-order valence-corrected chi connectivity index (χ1v) is 7.85. The van der Waals surface area contributed by atoms with E-state index >= 15 is 0 Å². The SMILES string of the molecule is CCCC1CC=C(c2ccc(OCC)c(F)c2Cl)CC1. The molecule has 110 valence electrons. The van der Waals surface area contributed by atoms with Gasteiger partial charge in [0, 0.05) is 0 Å². The van der Waals surface area contributed by atoms with Gasteiger partial charge >= 0.3 is 0 Å². The molecule has 3 heteroatoms. The molecule has 1 atom stereocenters. The van der Waals surface area contributed by atoms with Crippen molar-refractivity contribution in [1.82, 2.24) is 0 Å². The lowest BCUT2D eigenvalue weighted by atomic mass is 9.84. The highest BCUT2D eigenvalue weighted by Gasteiger charge is 2.19. The summed E-state index contributed by atoms with van der Waals surface area (Å²) >= 11 is 6.17. The summed E-state index contributed by atoms with van der Waals surface area (Å²) in [5.74, 6) is 0.569. The molecule has 1 nitrogen and oxygen atoms in total. The van der Waals surface area contributed by atoms with E-state index in [1.54, 1.807) is 6.07 Å². The number of halogens is 2. The molecule has 0 heterocycles. The summed E-state index contributed by atoms with van der Waals surface area (Å²) in [5.41, 5.74) is 1.99. The van der Waals surface area contributed by atoms with Crippen LogP contribution < -0.4 is 4.74 Å². The third kappa shape index (κ3) is 3.35. The van der Waals surface area contributed by atoms with E-state index in [9.17, 15) is 4.39 Å². The van der Waals surface area contributed by atoms with Crippen molar-refractivity contribution in [2.45, 2.75) is 46.0 Å². The molecule has 0 fully saturated rings. The first kappa shape index (κ1) is 15.4. The topological polar surface area (TPSA) is 9.23 Å². The molecule has 1 aliphatic rings. The lowest BCUT2D eigenvalue weighted by molar-refractivity contribution is 0.321. The van der Waals surface area contributed by atoms with Crippen LogP contribution in [0.3, 0.4) is 0 Å². The van der Waals surface area contributed by atoms with Gasteiger partial charge in [0.05, 0.1) is 11.6 Å². The standard InChI is InChI=1S/C17H22ClFO/c1-3-5-12-6-8-13(9-7-12)14-10-11-15(20-4-2)17(19)16(14)18/h8,10-12H,3-7,9H2,1-2H3. The van der Waals surface area contributed by atoms with Crippen molar-refractivity contribution >= 4 is 17.2 Å². The van der Waals surface area contributed by atoms with E-state index < -0.39 is 5.82 Å². The second kappa shape index (κ2) is 7.12. The normalized spacial score (nSPS) is 18.8. The molecule has 1 aliphatic carbocycles. The second-order valence-electron chi connectivity index (χ2n) is 5.33. The van der Waals surface area contributed by atoms with Gasteiger partial charge in [-0.15, -0.1) is 0 Å². The molecule has 20 heavy (non-hydrogen) atoms. The third-order valence-corrected chi connectivity index (χ3v) is 4.28. The predicted molar refractivity (Wildman–Crippen MR) is 82.8 cm³/mol. The Bertz CT molecular complexity index is 496. The van der Waals surface area contributed by atoms with Crippen molar-refractivity contribution in [3.05, 3.63) is 34.6 Å². The van der Waals surface area contributed by atoms with Gasteiger partial charge in [-0.2, -0.15) is 0 Å². The van der Waals surface area contributed by atoms with Gasteiger partial charge in [0.15, 0.2) is 11.6 Å². The Morgan fingerprint density at radius 1 is 1.35 bits per heavy atom. The summed E-state index contributed by atoms with van der Waals surface area (Å²) in [5, 5.41) is 0.191. The Balaban J connectivity index is 2.20. The summed E-state index contributed by atoms with van der Waals surface area (Å²) in [6.07, 6.45) is 7.96. The summed E-state index contributed by atoms with van der Waals surface area (Å²) in [6.45, 7) is 4.49. The van der Waals surface area contributed by atoms with Crippen molar-refractivity contribution in [1.29, 1.82) is 0 Å². The fourth-order valence-corrected chi connectivity index (χ4v) is 3.13. The van der Waals surface area contributed by atoms with E-state index in [2.05, 4.69) is 13.0 Å². The van der Waals surface area contributed by atoms with Gasteiger partial charge in [-0.3, -0.25) is 0 Å². The minimum Gasteiger partial charge on any atom is -0.491 e. The van der Waals surface area contributed by atoms with E-state index in [4.69, 9.17) is 16.3 Å². The van der Waals surface area contributed by atoms with Crippen molar-refractivity contribution in [3.8, 4) is 5.75 Å². The molecular weight excluding hydrogens is 275 g/mol. The van der Waals surface area contributed by atoms with Crippen molar-refractivity contribution in [2.24, 2.45) is 5.92 Å². The molecule has 0 amide bonds. The number of allylic oxidation sites excluding steroid dienone is 2. The predicted octanol–water partition coefficient (Wildman–Crippen LogP) is 5.86. The molecule has 0 N–H and O–H groups in total. The quantitative estimate of drug-likeness (QED) is 0.661. The van der Waals surface area contributed by atoms with Gasteiger partial charge in [0.25, 0.3) is 0 Å². The first-order valence-electron chi connectivity index (χ1n) is 7.47. The monoisotopic (exact) mass is 296 g/mol. The summed E-state index contributed by atoms with van der Waals surface area (Å²) in [6, 6.07) is 3.56. The van der Waals surface area contributed by atoms with Crippen LogP contribution in [0.25, 0.3) is 5.57 Å². The molecule has 2 rings (SSSR count). The number of rotatable bonds is 5. The Morgan fingerprint density at radius 3 is 2.75 bits per heavy atom. The van der Waals surface area contributed by atoms with Gasteiger partial charge in [-0.25, -0.2) is 4.39 Å². The molecule has 0 radical (unpaired) electrons. The van der Waals surface area contributed by atoms with E-state index in [0.717, 1.165) is 24.3 Å². The van der Waals surface area contributed by atoms with Crippen LogP contribution in [0.2, 0.25) is 5.02 Å². The maximum Gasteiger partial charge on any atom is 0.184 e. The molecule has 0 bridgehead atoms. The lowest BCUT2D eigenvalue weighted by Crippen LogP contribution is -2.06. The molecule has 0 aromatic heterocycles. The van der Waals surface area contributed by atoms with Crippen molar-refractivity contribution < 1.29 is 9.13 Å².